The zero-order chi connectivity index (χ0) is 14.0. The van der Waals surface area contributed by atoms with E-state index >= 15 is 0 Å². The van der Waals surface area contributed by atoms with Gasteiger partial charge in [-0.1, -0.05) is 17.7 Å². The van der Waals surface area contributed by atoms with Crippen LogP contribution in [-0.4, -0.2) is 10.9 Å². The van der Waals surface area contributed by atoms with Gasteiger partial charge in [0.2, 0.25) is 0 Å². The number of aromatic nitrogens is 1. The van der Waals surface area contributed by atoms with E-state index in [2.05, 4.69) is 38.4 Å². The van der Waals surface area contributed by atoms with E-state index < -0.39 is 0 Å². The summed E-state index contributed by atoms with van der Waals surface area (Å²) in [7, 11) is 0. The van der Waals surface area contributed by atoms with Gasteiger partial charge in [-0.05, 0) is 60.0 Å². The van der Waals surface area contributed by atoms with Crippen LogP contribution in [0.5, 0.6) is 0 Å². The lowest BCUT2D eigenvalue weighted by Crippen LogP contribution is -2.15. The van der Waals surface area contributed by atoms with Gasteiger partial charge in [0.25, 0.3) is 5.91 Å². The molecule has 98 valence electrons. The molecule has 1 amide bonds. The van der Waals surface area contributed by atoms with Crippen LogP contribution in [-0.2, 0) is 0 Å². The minimum absolute atomic E-state index is 0.157. The molecule has 1 N–H and O–H groups in total. The monoisotopic (exact) mass is 318 g/mol. The van der Waals surface area contributed by atoms with Crippen molar-refractivity contribution >= 4 is 27.5 Å². The maximum absolute atomic E-state index is 12.2. The number of anilines is 1. The van der Waals surface area contributed by atoms with Crippen LogP contribution in [0.2, 0.25) is 0 Å². The first kappa shape index (κ1) is 13.7. The van der Waals surface area contributed by atoms with E-state index in [0.29, 0.717) is 10.2 Å². The van der Waals surface area contributed by atoms with Crippen LogP contribution in [0.3, 0.4) is 0 Å². The average molecular weight is 319 g/mol. The molecule has 0 aliphatic carbocycles. The summed E-state index contributed by atoms with van der Waals surface area (Å²) in [6, 6.07) is 7.60. The van der Waals surface area contributed by atoms with Crippen LogP contribution in [0.25, 0.3) is 0 Å². The minimum atomic E-state index is -0.157. The molecule has 3 nitrogen and oxygen atoms in total. The molecule has 2 aromatic rings. The third kappa shape index (κ3) is 3.01. The molecule has 0 aliphatic heterocycles. The fraction of sp³-hybridized carbons (Fsp3) is 0.200. The van der Waals surface area contributed by atoms with Gasteiger partial charge in [0.1, 0.15) is 4.60 Å². The van der Waals surface area contributed by atoms with E-state index in [-0.39, 0.29) is 5.91 Å². The Bertz CT molecular complexity index is 615. The standard InChI is InChI=1S/C15H15BrN2O/c1-9-7-10(2)13(11(3)8-9)18-15(19)12-5-4-6-17-14(12)16/h4-8H,1-3H3,(H,18,19). The second-order valence-corrected chi connectivity index (χ2v) is 5.32. The molecule has 1 aromatic heterocycles. The van der Waals surface area contributed by atoms with Crippen molar-refractivity contribution in [3.63, 3.8) is 0 Å². The first-order valence-electron chi connectivity index (χ1n) is 5.98. The van der Waals surface area contributed by atoms with Gasteiger partial charge >= 0.3 is 0 Å². The van der Waals surface area contributed by atoms with Crippen molar-refractivity contribution < 1.29 is 4.79 Å². The van der Waals surface area contributed by atoms with Crippen molar-refractivity contribution in [1.29, 1.82) is 0 Å². The minimum Gasteiger partial charge on any atom is -0.321 e. The Kier molecular flexibility index (Phi) is 4.00. The summed E-state index contributed by atoms with van der Waals surface area (Å²) in [4.78, 5) is 16.3. The number of pyridine rings is 1. The summed E-state index contributed by atoms with van der Waals surface area (Å²) in [5, 5.41) is 2.95. The topological polar surface area (TPSA) is 42.0 Å². The molecular weight excluding hydrogens is 304 g/mol. The molecule has 0 spiro atoms. The van der Waals surface area contributed by atoms with Crippen LogP contribution >= 0.6 is 15.9 Å². The van der Waals surface area contributed by atoms with Gasteiger partial charge in [-0.3, -0.25) is 4.79 Å². The molecule has 19 heavy (non-hydrogen) atoms. The van der Waals surface area contributed by atoms with E-state index in [1.165, 1.54) is 5.56 Å². The van der Waals surface area contributed by atoms with Crippen molar-refractivity contribution in [3.8, 4) is 0 Å². The van der Waals surface area contributed by atoms with E-state index in [9.17, 15) is 4.79 Å². The SMILES string of the molecule is Cc1cc(C)c(NC(=O)c2cccnc2Br)c(C)c1. The quantitative estimate of drug-likeness (QED) is 0.850. The number of aryl methyl sites for hydroxylation is 3. The van der Waals surface area contributed by atoms with Crippen molar-refractivity contribution in [2.45, 2.75) is 20.8 Å². The highest BCUT2D eigenvalue weighted by molar-refractivity contribution is 9.10. The van der Waals surface area contributed by atoms with Crippen LogP contribution in [0.15, 0.2) is 35.1 Å². The lowest BCUT2D eigenvalue weighted by atomic mass is 10.0. The number of halogens is 1. The van der Waals surface area contributed by atoms with E-state index in [1.807, 2.05) is 20.8 Å². The largest absolute Gasteiger partial charge is 0.321 e. The zero-order valence-electron chi connectivity index (χ0n) is 11.1. The van der Waals surface area contributed by atoms with Gasteiger partial charge in [-0.2, -0.15) is 0 Å². The number of carbonyl (C=O) groups is 1. The van der Waals surface area contributed by atoms with Gasteiger partial charge in [0, 0.05) is 11.9 Å². The lowest BCUT2D eigenvalue weighted by Gasteiger charge is -2.13. The van der Waals surface area contributed by atoms with Crippen LogP contribution in [0.4, 0.5) is 5.69 Å². The summed E-state index contributed by atoms with van der Waals surface area (Å²) in [5.41, 5.74) is 4.71. The number of benzene rings is 1. The Hall–Kier alpha value is -1.68. The average Bonchev–Trinajstić information content (AvgIpc) is 2.34. The zero-order valence-corrected chi connectivity index (χ0v) is 12.7. The molecule has 0 unspecified atom stereocenters. The molecular formula is C15H15BrN2O. The van der Waals surface area contributed by atoms with Crippen LogP contribution in [0, 0.1) is 20.8 Å². The van der Waals surface area contributed by atoms with E-state index in [1.54, 1.807) is 18.3 Å². The van der Waals surface area contributed by atoms with Gasteiger partial charge in [0.05, 0.1) is 5.56 Å². The van der Waals surface area contributed by atoms with Crippen LogP contribution < -0.4 is 5.32 Å². The Morgan fingerprint density at radius 3 is 2.42 bits per heavy atom. The maximum atomic E-state index is 12.2. The Labute approximate surface area is 121 Å². The van der Waals surface area contributed by atoms with Gasteiger partial charge < -0.3 is 5.32 Å². The van der Waals surface area contributed by atoms with Gasteiger partial charge in [0.15, 0.2) is 0 Å². The fourth-order valence-corrected chi connectivity index (χ4v) is 2.54. The Balaban J connectivity index is 2.32. The maximum Gasteiger partial charge on any atom is 0.258 e. The molecule has 0 saturated heterocycles. The molecule has 1 aromatic carbocycles. The molecule has 0 aliphatic rings. The van der Waals surface area contributed by atoms with Crippen molar-refractivity contribution in [3.05, 3.63) is 57.3 Å². The highest BCUT2D eigenvalue weighted by atomic mass is 79.9. The highest BCUT2D eigenvalue weighted by Crippen LogP contribution is 2.23. The fourth-order valence-electron chi connectivity index (χ4n) is 2.11. The van der Waals surface area contributed by atoms with Gasteiger partial charge in [-0.15, -0.1) is 0 Å². The summed E-state index contributed by atoms with van der Waals surface area (Å²) < 4.78 is 0.551. The third-order valence-corrected chi connectivity index (χ3v) is 3.55. The number of hydrogen-bond donors (Lipinski definition) is 1. The number of hydrogen-bond acceptors (Lipinski definition) is 2. The number of nitrogens with one attached hydrogen (secondary N) is 1. The number of carbonyl (C=O) groups excluding carboxylic acids is 1. The van der Waals surface area contributed by atoms with Crippen molar-refractivity contribution in [1.82, 2.24) is 4.98 Å². The van der Waals surface area contributed by atoms with E-state index in [4.69, 9.17) is 0 Å². The smallest absolute Gasteiger partial charge is 0.258 e. The Morgan fingerprint density at radius 2 is 1.84 bits per heavy atom. The third-order valence-electron chi connectivity index (χ3n) is 2.92. The lowest BCUT2D eigenvalue weighted by molar-refractivity contribution is 0.102. The van der Waals surface area contributed by atoms with Crippen LogP contribution in [0.1, 0.15) is 27.0 Å². The summed E-state index contributed by atoms with van der Waals surface area (Å²) in [6.07, 6.45) is 1.64. The molecule has 0 atom stereocenters. The van der Waals surface area contributed by atoms with E-state index in [0.717, 1.165) is 16.8 Å². The number of amides is 1. The van der Waals surface area contributed by atoms with Crippen molar-refractivity contribution in [2.75, 3.05) is 5.32 Å². The predicted molar refractivity (Wildman–Crippen MR) is 80.5 cm³/mol. The first-order chi connectivity index (χ1) is 8.99. The molecule has 2 rings (SSSR count). The summed E-state index contributed by atoms with van der Waals surface area (Å²) in [6.45, 7) is 6.03. The molecule has 4 heteroatoms. The molecule has 0 radical (unpaired) electrons. The summed E-state index contributed by atoms with van der Waals surface area (Å²) >= 11 is 3.29. The molecule has 0 bridgehead atoms. The molecule has 0 saturated carbocycles. The normalized spacial score (nSPS) is 10.3. The number of rotatable bonds is 2. The highest BCUT2D eigenvalue weighted by Gasteiger charge is 2.13. The predicted octanol–water partition coefficient (Wildman–Crippen LogP) is 4.02. The Morgan fingerprint density at radius 1 is 1.21 bits per heavy atom. The second-order valence-electron chi connectivity index (χ2n) is 4.57. The summed E-state index contributed by atoms with van der Waals surface area (Å²) in [5.74, 6) is -0.157. The first-order valence-corrected chi connectivity index (χ1v) is 6.78. The van der Waals surface area contributed by atoms with Crippen molar-refractivity contribution in [2.24, 2.45) is 0 Å². The second kappa shape index (κ2) is 5.53. The molecule has 0 fully saturated rings. The van der Waals surface area contributed by atoms with Gasteiger partial charge in [-0.25, -0.2) is 4.98 Å². The molecule has 1 heterocycles. The number of nitrogens with zero attached hydrogens (tertiary/aromatic N) is 1.